The van der Waals surface area contributed by atoms with Crippen LogP contribution in [-0.4, -0.2) is 16.3 Å². The number of aromatic hydroxyl groups is 1. The molecule has 0 saturated heterocycles. The number of hydrogen-bond acceptors (Lipinski definition) is 2. The zero-order valence-electron chi connectivity index (χ0n) is 12.7. The van der Waals surface area contributed by atoms with Crippen LogP contribution in [0.2, 0.25) is 0 Å². The fourth-order valence-corrected chi connectivity index (χ4v) is 2.81. The van der Waals surface area contributed by atoms with Crippen molar-refractivity contribution >= 4 is 22.8 Å². The molecular weight excluding hydrogens is 279 g/mol. The van der Waals surface area contributed by atoms with Crippen molar-refractivity contribution in [2.75, 3.05) is 0 Å². The molecule has 0 unspecified atom stereocenters. The quantitative estimate of drug-likeness (QED) is 0.662. The summed E-state index contributed by atoms with van der Waals surface area (Å²) in [7, 11) is 0. The zero-order chi connectivity index (χ0) is 15.9. The number of aryl methyl sites for hydroxylation is 3. The molecule has 0 aliphatic carbocycles. The molecule has 22 heavy (non-hydrogen) atoms. The molecule has 0 spiro atoms. The summed E-state index contributed by atoms with van der Waals surface area (Å²) in [5.74, 6) is -0.351. The molecule has 0 bridgehead atoms. The van der Waals surface area contributed by atoms with Crippen LogP contribution in [0.3, 0.4) is 0 Å². The van der Waals surface area contributed by atoms with Gasteiger partial charge in [0.05, 0.1) is 11.3 Å². The first-order valence-corrected chi connectivity index (χ1v) is 7.08. The van der Waals surface area contributed by atoms with Crippen LogP contribution in [0.5, 0.6) is 5.88 Å². The highest BCUT2D eigenvalue weighted by atomic mass is 19.1. The van der Waals surface area contributed by atoms with Crippen LogP contribution in [0, 0.1) is 26.6 Å². The van der Waals surface area contributed by atoms with Gasteiger partial charge in [-0.05, 0) is 50.1 Å². The topological polar surface area (TPSA) is 48.4 Å². The molecule has 0 atom stereocenters. The molecule has 0 radical (unpaired) electrons. The van der Waals surface area contributed by atoms with E-state index in [1.807, 2.05) is 20.8 Å². The van der Waals surface area contributed by atoms with Crippen LogP contribution in [0.4, 0.5) is 10.1 Å². The number of halogens is 1. The lowest BCUT2D eigenvalue weighted by Crippen LogP contribution is -1.86. The van der Waals surface area contributed by atoms with Crippen molar-refractivity contribution in [2.24, 2.45) is 4.99 Å². The minimum Gasteiger partial charge on any atom is -0.494 e. The lowest BCUT2D eigenvalue weighted by atomic mass is 10.1. The zero-order valence-corrected chi connectivity index (χ0v) is 12.7. The molecule has 1 heterocycles. The Labute approximate surface area is 128 Å². The van der Waals surface area contributed by atoms with Crippen molar-refractivity contribution in [1.29, 1.82) is 0 Å². The van der Waals surface area contributed by atoms with Crippen LogP contribution in [0.1, 0.15) is 22.3 Å². The summed E-state index contributed by atoms with van der Waals surface area (Å²) in [6, 6.07) is 8.47. The Bertz CT molecular complexity index is 870. The third-order valence-corrected chi connectivity index (χ3v) is 3.74. The van der Waals surface area contributed by atoms with E-state index in [9.17, 15) is 9.50 Å². The van der Waals surface area contributed by atoms with Gasteiger partial charge in [-0.3, -0.25) is 4.99 Å². The van der Waals surface area contributed by atoms with E-state index >= 15 is 0 Å². The van der Waals surface area contributed by atoms with E-state index in [0.29, 0.717) is 16.5 Å². The molecule has 4 heteroatoms. The molecule has 0 saturated carbocycles. The molecule has 112 valence electrons. The Hall–Kier alpha value is -2.62. The van der Waals surface area contributed by atoms with E-state index in [1.165, 1.54) is 17.7 Å². The van der Waals surface area contributed by atoms with Crippen molar-refractivity contribution < 1.29 is 9.50 Å². The largest absolute Gasteiger partial charge is 0.494 e. The van der Waals surface area contributed by atoms with Crippen molar-refractivity contribution in [3.8, 4) is 5.88 Å². The fraction of sp³-hybridized carbons (Fsp3) is 0.167. The standard InChI is InChI=1S/C18H17FN2O/c1-10-6-11(2)17(12(3)7-10)20-9-15-14-8-13(19)4-5-16(14)21-18(15)22/h4-9,21-22H,1-3H3. The smallest absolute Gasteiger partial charge is 0.198 e. The van der Waals surface area contributed by atoms with Gasteiger partial charge < -0.3 is 10.1 Å². The van der Waals surface area contributed by atoms with Crippen LogP contribution < -0.4 is 0 Å². The van der Waals surface area contributed by atoms with Crippen LogP contribution >= 0.6 is 0 Å². The van der Waals surface area contributed by atoms with E-state index in [0.717, 1.165) is 16.8 Å². The summed E-state index contributed by atoms with van der Waals surface area (Å²) in [6.07, 6.45) is 1.58. The van der Waals surface area contributed by atoms with Gasteiger partial charge in [-0.1, -0.05) is 17.7 Å². The minimum atomic E-state index is -0.344. The highest BCUT2D eigenvalue weighted by Gasteiger charge is 2.10. The third kappa shape index (κ3) is 2.48. The van der Waals surface area contributed by atoms with Gasteiger partial charge in [0.25, 0.3) is 0 Å². The summed E-state index contributed by atoms with van der Waals surface area (Å²) in [5.41, 5.74) is 5.37. The average molecular weight is 296 g/mol. The second-order valence-electron chi connectivity index (χ2n) is 5.58. The Morgan fingerprint density at radius 2 is 1.77 bits per heavy atom. The van der Waals surface area contributed by atoms with Gasteiger partial charge in [-0.2, -0.15) is 0 Å². The van der Waals surface area contributed by atoms with Gasteiger partial charge in [0.1, 0.15) is 5.82 Å². The van der Waals surface area contributed by atoms with Crippen molar-refractivity contribution in [3.05, 3.63) is 58.4 Å². The molecule has 1 aromatic heterocycles. The van der Waals surface area contributed by atoms with Gasteiger partial charge in [0.15, 0.2) is 5.88 Å². The Morgan fingerprint density at radius 3 is 2.45 bits per heavy atom. The number of benzene rings is 2. The van der Waals surface area contributed by atoms with Crippen LogP contribution in [0.25, 0.3) is 10.9 Å². The molecule has 2 N–H and O–H groups in total. The van der Waals surface area contributed by atoms with Gasteiger partial charge in [-0.15, -0.1) is 0 Å². The van der Waals surface area contributed by atoms with E-state index < -0.39 is 0 Å². The number of H-pyrrole nitrogens is 1. The molecule has 3 nitrogen and oxygen atoms in total. The molecule has 3 rings (SSSR count). The lowest BCUT2D eigenvalue weighted by molar-refractivity contribution is 0.457. The van der Waals surface area contributed by atoms with Crippen molar-refractivity contribution in [2.45, 2.75) is 20.8 Å². The van der Waals surface area contributed by atoms with Gasteiger partial charge in [-0.25, -0.2) is 4.39 Å². The first kappa shape index (κ1) is 14.3. The van der Waals surface area contributed by atoms with Crippen molar-refractivity contribution in [1.82, 2.24) is 4.98 Å². The van der Waals surface area contributed by atoms with E-state index in [1.54, 1.807) is 12.3 Å². The molecule has 0 aliphatic rings. The number of hydrogen-bond donors (Lipinski definition) is 2. The SMILES string of the molecule is Cc1cc(C)c(N=Cc2c(O)[nH]c3ccc(F)cc23)c(C)c1. The molecule has 0 fully saturated rings. The maximum atomic E-state index is 13.4. The number of rotatable bonds is 2. The number of aromatic nitrogens is 1. The summed E-state index contributed by atoms with van der Waals surface area (Å²) < 4.78 is 13.4. The Balaban J connectivity index is 2.10. The third-order valence-electron chi connectivity index (χ3n) is 3.74. The van der Waals surface area contributed by atoms with E-state index in [4.69, 9.17) is 0 Å². The van der Waals surface area contributed by atoms with Crippen LogP contribution in [0.15, 0.2) is 35.3 Å². The number of aliphatic imine (C=N–C) groups is 1. The van der Waals surface area contributed by atoms with Crippen molar-refractivity contribution in [3.63, 3.8) is 0 Å². The van der Waals surface area contributed by atoms with Gasteiger partial charge in [0.2, 0.25) is 0 Å². The predicted octanol–water partition coefficient (Wildman–Crippen LogP) is 4.69. The van der Waals surface area contributed by atoms with Gasteiger partial charge in [0, 0.05) is 17.1 Å². The number of nitrogens with zero attached hydrogens (tertiary/aromatic N) is 1. The molecule has 0 aliphatic heterocycles. The predicted molar refractivity (Wildman–Crippen MR) is 87.8 cm³/mol. The Kier molecular flexibility index (Phi) is 3.45. The summed E-state index contributed by atoms with van der Waals surface area (Å²) in [4.78, 5) is 7.33. The maximum Gasteiger partial charge on any atom is 0.198 e. The molecule has 0 amide bonds. The number of nitrogens with one attached hydrogen (secondary N) is 1. The number of fused-ring (bicyclic) bond motifs is 1. The first-order valence-electron chi connectivity index (χ1n) is 7.08. The maximum absolute atomic E-state index is 13.4. The average Bonchev–Trinajstić information content (AvgIpc) is 2.73. The minimum absolute atomic E-state index is 0.00762. The van der Waals surface area contributed by atoms with E-state index in [-0.39, 0.29) is 11.7 Å². The summed E-state index contributed by atoms with van der Waals surface area (Å²) in [5, 5.41) is 10.6. The molecule has 3 aromatic rings. The summed E-state index contributed by atoms with van der Waals surface area (Å²) in [6.45, 7) is 6.05. The Morgan fingerprint density at radius 1 is 1.09 bits per heavy atom. The number of aromatic amines is 1. The second kappa shape index (κ2) is 5.30. The van der Waals surface area contributed by atoms with E-state index in [2.05, 4.69) is 22.1 Å². The monoisotopic (exact) mass is 296 g/mol. The van der Waals surface area contributed by atoms with Gasteiger partial charge >= 0.3 is 0 Å². The van der Waals surface area contributed by atoms with Crippen LogP contribution in [-0.2, 0) is 0 Å². The highest BCUT2D eigenvalue weighted by Crippen LogP contribution is 2.29. The highest BCUT2D eigenvalue weighted by molar-refractivity contribution is 6.02. The normalized spacial score (nSPS) is 11.6. The first-order chi connectivity index (χ1) is 10.5. The molecular formula is C18H17FN2O. The second-order valence-corrected chi connectivity index (χ2v) is 5.58. The fourth-order valence-electron chi connectivity index (χ4n) is 2.81. The molecule has 2 aromatic carbocycles. The summed E-state index contributed by atoms with van der Waals surface area (Å²) >= 11 is 0. The lowest BCUT2D eigenvalue weighted by Gasteiger charge is -2.06.